The smallest absolute Gasteiger partial charge is 0.462 e. The molecule has 17 nitrogen and oxygen atoms in total. The molecule has 19 heteroatoms. The zero-order valence-corrected chi connectivity index (χ0v) is 65.9. The predicted octanol–water partition coefficient (Wildman–Crippen LogP) is 23.5. The van der Waals surface area contributed by atoms with E-state index in [-0.39, 0.29) is 25.7 Å². The van der Waals surface area contributed by atoms with Crippen LogP contribution in [0.5, 0.6) is 0 Å². The van der Waals surface area contributed by atoms with Gasteiger partial charge in [0.05, 0.1) is 26.4 Å². The number of aliphatic hydroxyl groups is 1. The lowest BCUT2D eigenvalue weighted by Gasteiger charge is -2.21. The summed E-state index contributed by atoms with van der Waals surface area (Å²) >= 11 is 0. The molecule has 0 rings (SSSR count). The Morgan fingerprint density at radius 2 is 0.469 bits per heavy atom. The van der Waals surface area contributed by atoms with Gasteiger partial charge in [-0.2, -0.15) is 0 Å². The van der Waals surface area contributed by atoms with Gasteiger partial charge in [-0.3, -0.25) is 37.3 Å². The van der Waals surface area contributed by atoms with Crippen LogP contribution in [0, 0.1) is 11.8 Å². The summed E-state index contributed by atoms with van der Waals surface area (Å²) in [5.41, 5.74) is 0. The molecule has 5 atom stereocenters. The average molecular weight is 1440 g/mol. The first-order valence-electron chi connectivity index (χ1n) is 41.0. The summed E-state index contributed by atoms with van der Waals surface area (Å²) in [4.78, 5) is 72.5. The van der Waals surface area contributed by atoms with Gasteiger partial charge in [0, 0.05) is 25.7 Å². The Kier molecular flexibility index (Phi) is 69.3. The Balaban J connectivity index is 5.08. The molecular formula is C79H154O17P2. The van der Waals surface area contributed by atoms with Crippen LogP contribution in [0.4, 0.5) is 0 Å². The number of hydrogen-bond acceptors (Lipinski definition) is 15. The number of phosphoric acid groups is 2. The van der Waals surface area contributed by atoms with Crippen molar-refractivity contribution in [1.29, 1.82) is 0 Å². The fraction of sp³-hybridized carbons (Fsp3) is 0.949. The fourth-order valence-corrected chi connectivity index (χ4v) is 13.8. The second-order valence-corrected chi connectivity index (χ2v) is 32.3. The summed E-state index contributed by atoms with van der Waals surface area (Å²) < 4.78 is 68.3. The summed E-state index contributed by atoms with van der Waals surface area (Å²) in [6.45, 7) is 9.48. The van der Waals surface area contributed by atoms with Crippen LogP contribution in [-0.4, -0.2) is 96.7 Å². The number of esters is 4. The van der Waals surface area contributed by atoms with E-state index in [0.717, 1.165) is 102 Å². The van der Waals surface area contributed by atoms with Crippen LogP contribution in [0.25, 0.3) is 0 Å². The maximum absolute atomic E-state index is 13.1. The van der Waals surface area contributed by atoms with E-state index < -0.39 is 97.5 Å². The second-order valence-electron chi connectivity index (χ2n) is 29.4. The number of carbonyl (C=O) groups excluding carboxylic acids is 4. The molecule has 0 aromatic carbocycles. The van der Waals surface area contributed by atoms with Crippen LogP contribution in [-0.2, 0) is 65.4 Å². The van der Waals surface area contributed by atoms with Gasteiger partial charge in [0.1, 0.15) is 19.3 Å². The Morgan fingerprint density at radius 3 is 0.694 bits per heavy atom. The highest BCUT2D eigenvalue weighted by Gasteiger charge is 2.30. The summed E-state index contributed by atoms with van der Waals surface area (Å²) in [6.07, 6.45) is 60.6. The van der Waals surface area contributed by atoms with Gasteiger partial charge >= 0.3 is 39.5 Å². The maximum Gasteiger partial charge on any atom is 0.472 e. The number of carbonyl (C=O) groups is 4. The number of hydrogen-bond donors (Lipinski definition) is 3. The first-order chi connectivity index (χ1) is 47.4. The zero-order valence-electron chi connectivity index (χ0n) is 64.1. The lowest BCUT2D eigenvalue weighted by atomic mass is 10.0. The fourth-order valence-electron chi connectivity index (χ4n) is 12.2. The summed E-state index contributed by atoms with van der Waals surface area (Å²) in [6, 6.07) is 0. The molecular weight excluding hydrogens is 1280 g/mol. The van der Waals surface area contributed by atoms with Gasteiger partial charge in [0.15, 0.2) is 12.2 Å². The van der Waals surface area contributed by atoms with Gasteiger partial charge in [-0.15, -0.1) is 0 Å². The maximum atomic E-state index is 13.1. The number of phosphoric ester groups is 2. The largest absolute Gasteiger partial charge is 0.472 e. The number of ether oxygens (including phenoxy) is 4. The molecule has 0 heterocycles. The molecule has 0 spiro atoms. The summed E-state index contributed by atoms with van der Waals surface area (Å²) in [5, 5.41) is 10.6. The first-order valence-corrected chi connectivity index (χ1v) is 44.0. The van der Waals surface area contributed by atoms with Gasteiger partial charge in [0.25, 0.3) is 0 Å². The van der Waals surface area contributed by atoms with E-state index >= 15 is 0 Å². The second kappa shape index (κ2) is 70.7. The van der Waals surface area contributed by atoms with E-state index in [1.54, 1.807) is 0 Å². The molecule has 0 aliphatic carbocycles. The van der Waals surface area contributed by atoms with Crippen molar-refractivity contribution in [2.75, 3.05) is 39.6 Å². The lowest BCUT2D eigenvalue weighted by Crippen LogP contribution is -2.30. The van der Waals surface area contributed by atoms with Crippen LogP contribution < -0.4 is 0 Å². The minimum atomic E-state index is -4.96. The van der Waals surface area contributed by atoms with Crippen molar-refractivity contribution in [2.24, 2.45) is 11.8 Å². The first kappa shape index (κ1) is 96.1. The van der Waals surface area contributed by atoms with E-state index in [2.05, 4.69) is 41.5 Å². The van der Waals surface area contributed by atoms with E-state index in [4.69, 9.17) is 37.0 Å². The topological polar surface area (TPSA) is 237 Å². The molecule has 0 aromatic rings. The monoisotopic (exact) mass is 1440 g/mol. The third-order valence-electron chi connectivity index (χ3n) is 18.5. The molecule has 0 saturated heterocycles. The highest BCUT2D eigenvalue weighted by molar-refractivity contribution is 7.47. The van der Waals surface area contributed by atoms with Crippen molar-refractivity contribution in [1.82, 2.24) is 0 Å². The molecule has 0 aliphatic heterocycles. The number of rotatable bonds is 78. The molecule has 0 amide bonds. The quantitative estimate of drug-likeness (QED) is 0.0222. The molecule has 0 aromatic heterocycles. The van der Waals surface area contributed by atoms with Gasteiger partial charge in [-0.1, -0.05) is 363 Å². The van der Waals surface area contributed by atoms with Crippen LogP contribution in [0.3, 0.4) is 0 Å². The molecule has 3 N–H and O–H groups in total. The van der Waals surface area contributed by atoms with Crippen LogP contribution >= 0.6 is 15.6 Å². The van der Waals surface area contributed by atoms with Crippen molar-refractivity contribution in [3.05, 3.63) is 0 Å². The average Bonchev–Trinajstić information content (AvgIpc) is 0.974. The third kappa shape index (κ3) is 72.4. The predicted molar refractivity (Wildman–Crippen MR) is 400 cm³/mol. The Morgan fingerprint density at radius 1 is 0.276 bits per heavy atom. The van der Waals surface area contributed by atoms with Gasteiger partial charge in [-0.25, -0.2) is 9.13 Å². The van der Waals surface area contributed by atoms with Crippen LogP contribution in [0.15, 0.2) is 0 Å². The Bertz CT molecular complexity index is 1890. The number of aliphatic hydroxyl groups excluding tert-OH is 1. The van der Waals surface area contributed by atoms with Crippen LogP contribution in [0.2, 0.25) is 0 Å². The van der Waals surface area contributed by atoms with E-state index in [0.29, 0.717) is 31.6 Å². The van der Waals surface area contributed by atoms with Crippen molar-refractivity contribution in [2.45, 2.75) is 432 Å². The van der Waals surface area contributed by atoms with Crippen molar-refractivity contribution < 1.29 is 80.2 Å². The summed E-state index contributed by atoms with van der Waals surface area (Å²) in [7, 11) is -9.90. The van der Waals surface area contributed by atoms with E-state index in [9.17, 15) is 43.2 Å². The molecule has 0 bridgehead atoms. The molecule has 0 radical (unpaired) electrons. The van der Waals surface area contributed by atoms with E-state index in [1.807, 2.05) is 0 Å². The molecule has 2 unspecified atom stereocenters. The number of unbranched alkanes of at least 4 members (excludes halogenated alkanes) is 48. The van der Waals surface area contributed by atoms with Crippen molar-refractivity contribution >= 4 is 39.5 Å². The SMILES string of the molecule is CCCCCCCCCCCCCCCCCCCCCCCCC(=O)O[C@H](COC(=O)CCCCCCCCCCCCCCCCCCCCC(C)C)COP(=O)(O)OC[C@@H](O)COP(=O)(O)OC[C@@H](COC(=O)CCCCCCC)OC(=O)CCCCCCCCCC(C)C. The van der Waals surface area contributed by atoms with Gasteiger partial charge in [-0.05, 0) is 37.5 Å². The molecule has 0 fully saturated rings. The van der Waals surface area contributed by atoms with E-state index in [1.165, 1.54) is 225 Å². The molecule has 582 valence electrons. The van der Waals surface area contributed by atoms with Gasteiger partial charge < -0.3 is 33.8 Å². The Hall–Kier alpha value is -1.94. The van der Waals surface area contributed by atoms with Crippen LogP contribution in [0.1, 0.15) is 414 Å². The van der Waals surface area contributed by atoms with Crippen molar-refractivity contribution in [3.8, 4) is 0 Å². The highest BCUT2D eigenvalue weighted by Crippen LogP contribution is 2.45. The zero-order chi connectivity index (χ0) is 72.1. The lowest BCUT2D eigenvalue weighted by molar-refractivity contribution is -0.161. The third-order valence-corrected chi connectivity index (χ3v) is 20.4. The molecule has 0 saturated carbocycles. The summed E-state index contributed by atoms with van der Waals surface area (Å²) in [5.74, 6) is -0.609. The molecule has 98 heavy (non-hydrogen) atoms. The molecule has 0 aliphatic rings. The van der Waals surface area contributed by atoms with Crippen molar-refractivity contribution in [3.63, 3.8) is 0 Å². The highest BCUT2D eigenvalue weighted by atomic mass is 31.2. The minimum Gasteiger partial charge on any atom is -0.462 e. The van der Waals surface area contributed by atoms with Gasteiger partial charge in [0.2, 0.25) is 0 Å². The normalized spacial score (nSPS) is 13.9. The Labute approximate surface area is 600 Å². The standard InChI is InChI=1S/C79H154O17P2/c1-7-9-11-13-14-15-16-17-18-19-20-21-22-23-28-31-34-37-40-45-51-57-63-78(83)96-75(68-90-77(82)62-56-50-44-39-36-33-30-27-25-24-26-29-32-35-38-42-48-53-59-71(3)4)70-94-98(87,88)92-66-73(80)65-91-97(85,86)93-69-74(67-89-76(81)61-55-47-12-10-8-2)95-79(84)64-58-52-46-41-43-49-54-60-72(5)6/h71-75,80H,7-70H2,1-6H3,(H,85,86)(H,87,88)/t73-,74+,75+/m0/s1. The minimum absolute atomic E-state index is 0.103.